The van der Waals surface area contributed by atoms with Crippen LogP contribution in [-0.4, -0.2) is 29.0 Å². The molecule has 2 aliphatic heterocycles. The zero-order chi connectivity index (χ0) is 8.06. The Morgan fingerprint density at radius 2 is 1.82 bits per heavy atom. The molecule has 4 nitrogen and oxygen atoms in total. The number of epoxide rings is 1. The number of hydrogen-bond acceptors (Lipinski definition) is 3. The van der Waals surface area contributed by atoms with Crippen molar-refractivity contribution >= 4 is 11.8 Å². The van der Waals surface area contributed by atoms with Crippen molar-refractivity contribution in [2.45, 2.75) is 25.5 Å². The number of nitrogens with zero attached hydrogens (tertiary/aromatic N) is 1. The molecule has 0 aliphatic carbocycles. The molecule has 2 fully saturated rings. The predicted octanol–water partition coefficient (Wildman–Crippen LogP) is -0.118. The van der Waals surface area contributed by atoms with Crippen LogP contribution >= 0.6 is 0 Å². The van der Waals surface area contributed by atoms with Gasteiger partial charge < -0.3 is 4.74 Å². The molecule has 0 aromatic carbocycles. The first-order valence-corrected chi connectivity index (χ1v) is 3.63. The molecule has 2 amide bonds. The van der Waals surface area contributed by atoms with Gasteiger partial charge in [-0.05, 0) is 6.92 Å². The van der Waals surface area contributed by atoms with Crippen LogP contribution in [0.3, 0.4) is 0 Å². The third kappa shape index (κ3) is 0.860. The van der Waals surface area contributed by atoms with Gasteiger partial charge in [-0.2, -0.15) is 0 Å². The van der Waals surface area contributed by atoms with Gasteiger partial charge in [-0.3, -0.25) is 14.5 Å². The number of carbonyl (C=O) groups excluding carboxylic acids is 2. The molecule has 0 spiro atoms. The van der Waals surface area contributed by atoms with Crippen LogP contribution < -0.4 is 0 Å². The van der Waals surface area contributed by atoms with Crippen LogP contribution in [0.4, 0.5) is 0 Å². The van der Waals surface area contributed by atoms with Crippen molar-refractivity contribution < 1.29 is 14.3 Å². The second-order valence-corrected chi connectivity index (χ2v) is 3.09. The van der Waals surface area contributed by atoms with Gasteiger partial charge in [0.25, 0.3) is 0 Å². The summed E-state index contributed by atoms with van der Waals surface area (Å²) in [6.07, 6.45) is 0.690. The van der Waals surface area contributed by atoms with Crippen LogP contribution in [0.15, 0.2) is 0 Å². The van der Waals surface area contributed by atoms with Crippen LogP contribution in [-0.2, 0) is 14.3 Å². The van der Waals surface area contributed by atoms with Crippen molar-refractivity contribution in [2.24, 2.45) is 0 Å². The van der Waals surface area contributed by atoms with E-state index in [9.17, 15) is 9.59 Å². The van der Waals surface area contributed by atoms with E-state index in [1.165, 1.54) is 4.90 Å². The van der Waals surface area contributed by atoms with Gasteiger partial charge in [0, 0.05) is 12.8 Å². The first-order chi connectivity index (χ1) is 5.13. The predicted molar refractivity (Wildman–Crippen MR) is 35.4 cm³/mol. The van der Waals surface area contributed by atoms with Gasteiger partial charge in [0.2, 0.25) is 11.8 Å². The summed E-state index contributed by atoms with van der Waals surface area (Å²) in [5, 5.41) is 0. The van der Waals surface area contributed by atoms with Crippen LogP contribution in [0.25, 0.3) is 0 Å². The van der Waals surface area contributed by atoms with E-state index in [0.717, 1.165) is 0 Å². The zero-order valence-corrected chi connectivity index (χ0v) is 6.29. The molecule has 0 saturated carbocycles. The molecule has 0 aromatic rings. The van der Waals surface area contributed by atoms with Crippen molar-refractivity contribution in [2.75, 3.05) is 6.61 Å². The number of carbonyl (C=O) groups is 2. The normalized spacial score (nSPS) is 36.6. The van der Waals surface area contributed by atoms with Crippen LogP contribution in [0.1, 0.15) is 19.8 Å². The molecule has 11 heavy (non-hydrogen) atoms. The Hall–Kier alpha value is -0.900. The smallest absolute Gasteiger partial charge is 0.232 e. The average molecular weight is 155 g/mol. The second-order valence-electron chi connectivity index (χ2n) is 3.09. The Kier molecular flexibility index (Phi) is 1.12. The molecular weight excluding hydrogens is 146 g/mol. The lowest BCUT2D eigenvalue weighted by Crippen LogP contribution is -2.40. The van der Waals surface area contributed by atoms with Gasteiger partial charge in [-0.1, -0.05) is 0 Å². The molecular formula is C7H9NO3. The highest BCUT2D eigenvalue weighted by atomic mass is 16.6. The maximum atomic E-state index is 11.1. The number of amides is 2. The lowest BCUT2D eigenvalue weighted by Gasteiger charge is -2.17. The van der Waals surface area contributed by atoms with Crippen LogP contribution in [0.5, 0.6) is 0 Å². The Morgan fingerprint density at radius 1 is 1.36 bits per heavy atom. The van der Waals surface area contributed by atoms with Gasteiger partial charge in [-0.15, -0.1) is 0 Å². The maximum absolute atomic E-state index is 11.1. The van der Waals surface area contributed by atoms with Crippen molar-refractivity contribution in [3.05, 3.63) is 0 Å². The minimum atomic E-state index is -0.593. The molecule has 2 heterocycles. The first kappa shape index (κ1) is 6.79. The molecule has 2 aliphatic rings. The molecule has 0 aromatic heterocycles. The van der Waals surface area contributed by atoms with Gasteiger partial charge in [0.15, 0.2) is 5.72 Å². The molecule has 1 atom stereocenters. The van der Waals surface area contributed by atoms with E-state index < -0.39 is 5.72 Å². The van der Waals surface area contributed by atoms with Crippen molar-refractivity contribution in [3.8, 4) is 0 Å². The Bertz CT molecular complexity index is 216. The third-order valence-electron chi connectivity index (χ3n) is 2.09. The molecule has 2 rings (SSSR count). The second kappa shape index (κ2) is 1.82. The van der Waals surface area contributed by atoms with E-state index in [4.69, 9.17) is 4.74 Å². The molecule has 0 N–H and O–H groups in total. The molecule has 2 saturated heterocycles. The topological polar surface area (TPSA) is 49.9 Å². The van der Waals surface area contributed by atoms with Gasteiger partial charge in [0.1, 0.15) is 0 Å². The highest BCUT2D eigenvalue weighted by molar-refractivity contribution is 6.02. The van der Waals surface area contributed by atoms with E-state index in [1.807, 2.05) is 0 Å². The van der Waals surface area contributed by atoms with Crippen molar-refractivity contribution in [1.82, 2.24) is 4.90 Å². The van der Waals surface area contributed by atoms with Crippen LogP contribution in [0, 0.1) is 0 Å². The molecule has 4 heteroatoms. The SMILES string of the molecule is CC1(N2C(=O)CCC2=O)CO1. The summed E-state index contributed by atoms with van der Waals surface area (Å²) in [5.41, 5.74) is -0.593. The van der Waals surface area contributed by atoms with E-state index in [0.29, 0.717) is 19.4 Å². The quantitative estimate of drug-likeness (QED) is 0.392. The lowest BCUT2D eigenvalue weighted by atomic mass is 10.3. The monoisotopic (exact) mass is 155 g/mol. The highest BCUT2D eigenvalue weighted by Crippen LogP contribution is 2.34. The Morgan fingerprint density at radius 3 is 2.18 bits per heavy atom. The molecule has 60 valence electrons. The van der Waals surface area contributed by atoms with Crippen LogP contribution in [0.2, 0.25) is 0 Å². The summed E-state index contributed by atoms with van der Waals surface area (Å²) in [7, 11) is 0. The van der Waals surface area contributed by atoms with Crippen molar-refractivity contribution in [1.29, 1.82) is 0 Å². The Labute approximate surface area is 64.1 Å². The zero-order valence-electron chi connectivity index (χ0n) is 6.29. The Balaban J connectivity index is 2.23. The summed E-state index contributed by atoms with van der Waals surface area (Å²) in [6.45, 7) is 2.25. The summed E-state index contributed by atoms with van der Waals surface area (Å²) >= 11 is 0. The molecule has 0 radical (unpaired) electrons. The van der Waals surface area contributed by atoms with Gasteiger partial charge in [0.05, 0.1) is 6.61 Å². The fourth-order valence-corrected chi connectivity index (χ4v) is 1.34. The molecule has 1 unspecified atom stereocenters. The number of imide groups is 1. The van der Waals surface area contributed by atoms with E-state index >= 15 is 0 Å². The fraction of sp³-hybridized carbons (Fsp3) is 0.714. The summed E-state index contributed by atoms with van der Waals surface area (Å²) < 4.78 is 5.00. The minimum absolute atomic E-state index is 0.102. The lowest BCUT2D eigenvalue weighted by molar-refractivity contribution is -0.144. The fourth-order valence-electron chi connectivity index (χ4n) is 1.34. The average Bonchev–Trinajstić information content (AvgIpc) is 2.56. The molecule has 0 bridgehead atoms. The maximum Gasteiger partial charge on any atom is 0.232 e. The van der Waals surface area contributed by atoms with E-state index in [-0.39, 0.29) is 11.8 Å². The summed E-state index contributed by atoms with van der Waals surface area (Å²) in [4.78, 5) is 23.4. The third-order valence-corrected chi connectivity index (χ3v) is 2.09. The largest absolute Gasteiger partial charge is 0.348 e. The number of hydrogen-bond donors (Lipinski definition) is 0. The van der Waals surface area contributed by atoms with E-state index in [2.05, 4.69) is 0 Å². The number of rotatable bonds is 1. The number of ether oxygens (including phenoxy) is 1. The minimum Gasteiger partial charge on any atom is -0.348 e. The van der Waals surface area contributed by atoms with Gasteiger partial charge >= 0.3 is 0 Å². The first-order valence-electron chi connectivity index (χ1n) is 3.63. The summed E-state index contributed by atoms with van der Waals surface area (Å²) in [6, 6.07) is 0. The summed E-state index contributed by atoms with van der Waals surface area (Å²) in [5.74, 6) is -0.204. The van der Waals surface area contributed by atoms with E-state index in [1.54, 1.807) is 6.92 Å². The van der Waals surface area contributed by atoms with Crippen molar-refractivity contribution in [3.63, 3.8) is 0 Å². The standard InChI is InChI=1S/C7H9NO3/c1-7(4-11-7)8-5(9)2-3-6(8)10/h2-4H2,1H3. The highest BCUT2D eigenvalue weighted by Gasteiger charge is 2.52. The number of likely N-dealkylation sites (tertiary alicyclic amines) is 1. The van der Waals surface area contributed by atoms with Gasteiger partial charge in [-0.25, -0.2) is 0 Å².